The fourth-order valence-corrected chi connectivity index (χ4v) is 1.66. The summed E-state index contributed by atoms with van der Waals surface area (Å²) in [5.41, 5.74) is 0. The van der Waals surface area contributed by atoms with Crippen LogP contribution in [0.4, 0.5) is 4.79 Å². The topological polar surface area (TPSA) is 35.5 Å². The van der Waals surface area contributed by atoms with Crippen LogP contribution < -0.4 is 0 Å². The Bertz CT molecular complexity index is 179. The number of ether oxygens (including phenoxy) is 2. The monoisotopic (exact) mass is 188 g/mol. The van der Waals surface area contributed by atoms with E-state index in [0.29, 0.717) is 6.61 Å². The molecule has 1 rings (SSSR count). The lowest BCUT2D eigenvalue weighted by Crippen LogP contribution is -2.21. The summed E-state index contributed by atoms with van der Waals surface area (Å²) in [7, 11) is 0. The molecule has 1 aliphatic rings. The van der Waals surface area contributed by atoms with Crippen LogP contribution in [0.2, 0.25) is 0 Å². The number of thioether (sulfide) groups is 1. The molecule has 0 saturated carbocycles. The number of hydrogen-bond donors (Lipinski definition) is 0. The van der Waals surface area contributed by atoms with Gasteiger partial charge in [-0.1, -0.05) is 6.08 Å². The predicted molar refractivity (Wildman–Crippen MR) is 48.4 cm³/mol. The van der Waals surface area contributed by atoms with Gasteiger partial charge < -0.3 is 9.47 Å². The van der Waals surface area contributed by atoms with Crippen LogP contribution >= 0.6 is 11.8 Å². The third-order valence-corrected chi connectivity index (χ3v) is 2.35. The van der Waals surface area contributed by atoms with Gasteiger partial charge in [0.05, 0.1) is 6.61 Å². The molecule has 1 aliphatic heterocycles. The quantitative estimate of drug-likeness (QED) is 0.489. The van der Waals surface area contributed by atoms with Crippen LogP contribution in [-0.2, 0) is 9.47 Å². The lowest BCUT2D eigenvalue weighted by atomic mass is 10.3. The van der Waals surface area contributed by atoms with E-state index in [4.69, 9.17) is 4.74 Å². The Morgan fingerprint density at radius 2 is 2.58 bits per heavy atom. The van der Waals surface area contributed by atoms with Crippen LogP contribution in [0.1, 0.15) is 6.92 Å². The van der Waals surface area contributed by atoms with Gasteiger partial charge in [-0.15, -0.1) is 0 Å². The van der Waals surface area contributed by atoms with Crippen LogP contribution in [0, 0.1) is 0 Å². The van der Waals surface area contributed by atoms with Gasteiger partial charge in [0, 0.05) is 11.5 Å². The Balaban J connectivity index is 2.25. The summed E-state index contributed by atoms with van der Waals surface area (Å²) in [5, 5.41) is 0. The molecule has 1 unspecified atom stereocenters. The van der Waals surface area contributed by atoms with E-state index in [0.717, 1.165) is 11.5 Å². The largest absolute Gasteiger partial charge is 0.508 e. The highest BCUT2D eigenvalue weighted by Crippen LogP contribution is 2.13. The van der Waals surface area contributed by atoms with Gasteiger partial charge in [-0.25, -0.2) is 4.79 Å². The highest BCUT2D eigenvalue weighted by molar-refractivity contribution is 7.99. The Morgan fingerprint density at radius 1 is 1.75 bits per heavy atom. The number of carbonyl (C=O) groups is 1. The van der Waals surface area contributed by atoms with Crippen molar-refractivity contribution >= 4 is 17.9 Å². The molecule has 0 aromatic carbocycles. The molecule has 0 saturated heterocycles. The van der Waals surface area contributed by atoms with Gasteiger partial charge in [0.2, 0.25) is 0 Å². The number of rotatable bonds is 2. The van der Waals surface area contributed by atoms with E-state index in [1.165, 1.54) is 0 Å². The molecule has 0 N–H and O–H groups in total. The van der Waals surface area contributed by atoms with Crippen molar-refractivity contribution in [3.8, 4) is 0 Å². The van der Waals surface area contributed by atoms with Crippen LogP contribution in [0.25, 0.3) is 0 Å². The Labute approximate surface area is 76.1 Å². The maximum absolute atomic E-state index is 10.8. The smallest absolute Gasteiger partial charge is 0.435 e. The summed E-state index contributed by atoms with van der Waals surface area (Å²) in [6, 6.07) is 0. The van der Waals surface area contributed by atoms with E-state index in [-0.39, 0.29) is 6.10 Å². The first kappa shape index (κ1) is 9.45. The van der Waals surface area contributed by atoms with E-state index in [2.05, 4.69) is 4.74 Å². The van der Waals surface area contributed by atoms with E-state index >= 15 is 0 Å². The van der Waals surface area contributed by atoms with Crippen molar-refractivity contribution in [1.29, 1.82) is 0 Å². The van der Waals surface area contributed by atoms with Crippen molar-refractivity contribution in [2.45, 2.75) is 13.0 Å². The van der Waals surface area contributed by atoms with Gasteiger partial charge >= 0.3 is 6.16 Å². The highest BCUT2D eigenvalue weighted by atomic mass is 32.2. The van der Waals surface area contributed by atoms with E-state index in [1.54, 1.807) is 18.7 Å². The molecule has 1 atom stereocenters. The van der Waals surface area contributed by atoms with Crippen LogP contribution in [0.3, 0.4) is 0 Å². The third-order valence-electron chi connectivity index (χ3n) is 1.36. The second kappa shape index (κ2) is 5.09. The minimum absolute atomic E-state index is 0.109. The lowest BCUT2D eigenvalue weighted by Gasteiger charge is -2.15. The minimum atomic E-state index is -0.574. The van der Waals surface area contributed by atoms with Crippen molar-refractivity contribution in [1.82, 2.24) is 0 Å². The summed E-state index contributed by atoms with van der Waals surface area (Å²) in [6.07, 6.45) is 3.21. The first-order valence-corrected chi connectivity index (χ1v) is 5.06. The van der Waals surface area contributed by atoms with Gasteiger partial charge in [0.15, 0.2) is 0 Å². The van der Waals surface area contributed by atoms with Gasteiger partial charge in [-0.05, 0) is 13.0 Å². The van der Waals surface area contributed by atoms with Gasteiger partial charge in [0.25, 0.3) is 0 Å². The molecule has 0 amide bonds. The maximum Gasteiger partial charge on any atom is 0.508 e. The summed E-state index contributed by atoms with van der Waals surface area (Å²) < 4.78 is 9.60. The second-order valence-electron chi connectivity index (χ2n) is 2.30. The molecule has 0 radical (unpaired) electrons. The number of carbonyl (C=O) groups excluding carboxylic acids is 1. The zero-order valence-corrected chi connectivity index (χ0v) is 7.80. The Kier molecular flexibility index (Phi) is 4.00. The van der Waals surface area contributed by atoms with E-state index < -0.39 is 6.16 Å². The molecule has 0 bridgehead atoms. The zero-order chi connectivity index (χ0) is 8.81. The van der Waals surface area contributed by atoms with E-state index in [9.17, 15) is 4.79 Å². The third kappa shape index (κ3) is 3.17. The van der Waals surface area contributed by atoms with Crippen LogP contribution in [0.5, 0.6) is 0 Å². The summed E-state index contributed by atoms with van der Waals surface area (Å²) in [6.45, 7) is 2.12. The van der Waals surface area contributed by atoms with Crippen molar-refractivity contribution in [2.75, 3.05) is 18.1 Å². The first-order chi connectivity index (χ1) is 5.83. The summed E-state index contributed by atoms with van der Waals surface area (Å²) in [4.78, 5) is 10.8. The molecule has 0 fully saturated rings. The molecule has 0 aromatic rings. The van der Waals surface area contributed by atoms with Crippen LogP contribution in [-0.4, -0.2) is 30.4 Å². The average molecular weight is 188 g/mol. The lowest BCUT2D eigenvalue weighted by molar-refractivity contribution is 0.0463. The first-order valence-electron chi connectivity index (χ1n) is 3.90. The van der Waals surface area contributed by atoms with Crippen molar-refractivity contribution in [3.05, 3.63) is 12.2 Å². The van der Waals surface area contributed by atoms with Crippen molar-refractivity contribution < 1.29 is 14.3 Å². The molecule has 1 heterocycles. The fraction of sp³-hybridized carbons (Fsp3) is 0.625. The van der Waals surface area contributed by atoms with Crippen LogP contribution in [0.15, 0.2) is 12.2 Å². The molecule has 0 aliphatic carbocycles. The zero-order valence-electron chi connectivity index (χ0n) is 6.99. The van der Waals surface area contributed by atoms with E-state index in [1.807, 2.05) is 12.2 Å². The molecule has 0 spiro atoms. The SMILES string of the molecule is CCOC(=O)OC1C=CCSC1. The predicted octanol–water partition coefficient (Wildman–Crippen LogP) is 1.83. The maximum atomic E-state index is 10.8. The highest BCUT2D eigenvalue weighted by Gasteiger charge is 2.13. The minimum Gasteiger partial charge on any atom is -0.435 e. The van der Waals surface area contributed by atoms with Gasteiger partial charge in [-0.3, -0.25) is 0 Å². The Hall–Kier alpha value is -0.640. The Morgan fingerprint density at radius 3 is 3.17 bits per heavy atom. The van der Waals surface area contributed by atoms with Crippen molar-refractivity contribution in [2.24, 2.45) is 0 Å². The molecule has 68 valence electrons. The average Bonchev–Trinajstić information content (AvgIpc) is 2.06. The molecule has 0 aromatic heterocycles. The molecule has 3 nitrogen and oxygen atoms in total. The van der Waals surface area contributed by atoms with Crippen molar-refractivity contribution in [3.63, 3.8) is 0 Å². The number of hydrogen-bond acceptors (Lipinski definition) is 4. The standard InChI is InChI=1S/C8H12O3S/c1-2-10-8(9)11-7-4-3-5-12-6-7/h3-4,7H,2,5-6H2,1H3. The van der Waals surface area contributed by atoms with Gasteiger partial charge in [0.1, 0.15) is 6.10 Å². The van der Waals surface area contributed by atoms with Gasteiger partial charge in [-0.2, -0.15) is 11.8 Å². The molecule has 12 heavy (non-hydrogen) atoms. The molecule has 4 heteroatoms. The fourth-order valence-electron chi connectivity index (χ4n) is 0.864. The summed E-state index contributed by atoms with van der Waals surface area (Å²) >= 11 is 1.74. The summed E-state index contributed by atoms with van der Waals surface area (Å²) in [5.74, 6) is 1.83. The molecular weight excluding hydrogens is 176 g/mol. The normalized spacial score (nSPS) is 21.9. The second-order valence-corrected chi connectivity index (χ2v) is 3.38. The molecular formula is C8H12O3S.